The Morgan fingerprint density at radius 3 is 2.71 bits per heavy atom. The molecule has 0 bridgehead atoms. The average Bonchev–Trinajstić information content (AvgIpc) is 2.95. The number of H-pyrrole nitrogens is 1. The van der Waals surface area contributed by atoms with E-state index >= 15 is 0 Å². The fourth-order valence-electron chi connectivity index (χ4n) is 1.95. The van der Waals surface area contributed by atoms with Gasteiger partial charge in [-0.2, -0.15) is 10.2 Å². The normalized spacial score (nSPS) is 11.4. The molecule has 1 aromatic heterocycles. The zero-order valence-electron chi connectivity index (χ0n) is 12.4. The number of carbonyl (C=O) groups excluding carboxylic acids is 1. The van der Waals surface area contributed by atoms with Crippen molar-refractivity contribution in [3.8, 4) is 0 Å². The Morgan fingerprint density at radius 1 is 1.33 bits per heavy atom. The molecule has 0 saturated heterocycles. The van der Waals surface area contributed by atoms with Crippen LogP contribution in [0, 0.1) is 6.92 Å². The fraction of sp³-hybridized carbons (Fsp3) is 0.312. The largest absolute Gasteiger partial charge is 0.291 e. The number of hydrogen-bond acceptors (Lipinski definition) is 3. The van der Waals surface area contributed by atoms with Gasteiger partial charge in [0.25, 0.3) is 5.91 Å². The van der Waals surface area contributed by atoms with E-state index in [1.165, 1.54) is 0 Å². The van der Waals surface area contributed by atoms with E-state index in [1.807, 2.05) is 37.3 Å². The molecular formula is C16H20N4O. The first-order chi connectivity index (χ1) is 10.2. The molecule has 5 heteroatoms. The molecule has 0 aliphatic heterocycles. The maximum Gasteiger partial charge on any atom is 0.291 e. The van der Waals surface area contributed by atoms with Crippen LogP contribution in [0.2, 0.25) is 0 Å². The van der Waals surface area contributed by atoms with Gasteiger partial charge in [-0.25, -0.2) is 5.43 Å². The maximum absolute atomic E-state index is 12.0. The van der Waals surface area contributed by atoms with Gasteiger partial charge in [0, 0.05) is 5.69 Å². The van der Waals surface area contributed by atoms with E-state index in [4.69, 9.17) is 0 Å². The van der Waals surface area contributed by atoms with Crippen molar-refractivity contribution in [2.24, 2.45) is 5.10 Å². The number of aryl methyl sites for hydroxylation is 1. The Morgan fingerprint density at radius 2 is 2.10 bits per heavy atom. The zero-order valence-corrected chi connectivity index (χ0v) is 12.4. The molecule has 0 aliphatic carbocycles. The SMILES string of the molecule is CCCCC(=NNC(=O)c1cc(C)[nH]n1)c1ccccc1. The molecule has 0 spiro atoms. The van der Waals surface area contributed by atoms with Gasteiger partial charge in [0.15, 0.2) is 5.69 Å². The first-order valence-electron chi connectivity index (χ1n) is 7.15. The second-order valence-electron chi connectivity index (χ2n) is 4.91. The highest BCUT2D eigenvalue weighted by atomic mass is 16.2. The Hall–Kier alpha value is -2.43. The summed E-state index contributed by atoms with van der Waals surface area (Å²) < 4.78 is 0. The predicted molar refractivity (Wildman–Crippen MR) is 83.3 cm³/mol. The summed E-state index contributed by atoms with van der Waals surface area (Å²) in [5.41, 5.74) is 5.70. The molecule has 1 amide bonds. The summed E-state index contributed by atoms with van der Waals surface area (Å²) in [5.74, 6) is -0.302. The van der Waals surface area contributed by atoms with Gasteiger partial charge in [-0.15, -0.1) is 0 Å². The Bertz CT molecular complexity index is 616. The lowest BCUT2D eigenvalue weighted by Crippen LogP contribution is -2.20. The van der Waals surface area contributed by atoms with Gasteiger partial charge in [-0.1, -0.05) is 43.7 Å². The lowest BCUT2D eigenvalue weighted by atomic mass is 10.1. The van der Waals surface area contributed by atoms with Crippen LogP contribution >= 0.6 is 0 Å². The van der Waals surface area contributed by atoms with Crippen molar-refractivity contribution in [1.82, 2.24) is 15.6 Å². The summed E-state index contributed by atoms with van der Waals surface area (Å²) in [6.45, 7) is 3.98. The zero-order chi connectivity index (χ0) is 15.1. The van der Waals surface area contributed by atoms with E-state index in [9.17, 15) is 4.79 Å². The van der Waals surface area contributed by atoms with E-state index in [2.05, 4.69) is 27.6 Å². The first kappa shape index (κ1) is 15.0. The number of hydrazone groups is 1. The molecule has 21 heavy (non-hydrogen) atoms. The van der Waals surface area contributed by atoms with E-state index in [1.54, 1.807) is 6.07 Å². The Kier molecular flexibility index (Phi) is 5.26. The third-order valence-electron chi connectivity index (χ3n) is 3.11. The molecule has 0 aliphatic rings. The van der Waals surface area contributed by atoms with Crippen LogP contribution in [0.5, 0.6) is 0 Å². The maximum atomic E-state index is 12.0. The van der Waals surface area contributed by atoms with Gasteiger partial charge >= 0.3 is 0 Å². The predicted octanol–water partition coefficient (Wildman–Crippen LogP) is 3.04. The molecular weight excluding hydrogens is 264 g/mol. The summed E-state index contributed by atoms with van der Waals surface area (Å²) in [6, 6.07) is 11.6. The second-order valence-corrected chi connectivity index (χ2v) is 4.91. The number of carbonyl (C=O) groups is 1. The molecule has 5 nitrogen and oxygen atoms in total. The summed E-state index contributed by atoms with van der Waals surface area (Å²) in [6.07, 6.45) is 2.95. The third kappa shape index (κ3) is 4.27. The van der Waals surface area contributed by atoms with Crippen LogP contribution in [0.3, 0.4) is 0 Å². The van der Waals surface area contributed by atoms with Crippen LogP contribution in [-0.2, 0) is 0 Å². The van der Waals surface area contributed by atoms with Crippen molar-refractivity contribution >= 4 is 11.6 Å². The molecule has 1 heterocycles. The average molecular weight is 284 g/mol. The molecule has 0 unspecified atom stereocenters. The van der Waals surface area contributed by atoms with Crippen molar-refractivity contribution in [3.63, 3.8) is 0 Å². The van der Waals surface area contributed by atoms with Gasteiger partial charge in [0.05, 0.1) is 5.71 Å². The summed E-state index contributed by atoms with van der Waals surface area (Å²) in [5, 5.41) is 10.9. The van der Waals surface area contributed by atoms with Crippen LogP contribution < -0.4 is 5.43 Å². The van der Waals surface area contributed by atoms with Gasteiger partial charge < -0.3 is 0 Å². The number of nitrogens with one attached hydrogen (secondary N) is 2. The standard InChI is InChI=1S/C16H20N4O/c1-3-4-10-14(13-8-6-5-7-9-13)18-20-16(21)15-11-12(2)17-19-15/h5-9,11H,3-4,10H2,1-2H3,(H,17,19)(H,20,21). The Labute approximate surface area is 124 Å². The van der Waals surface area contributed by atoms with Crippen LogP contribution in [0.4, 0.5) is 0 Å². The number of nitrogens with zero attached hydrogens (tertiary/aromatic N) is 2. The van der Waals surface area contributed by atoms with E-state index in [-0.39, 0.29) is 5.91 Å². The molecule has 110 valence electrons. The first-order valence-corrected chi connectivity index (χ1v) is 7.15. The molecule has 2 aromatic rings. The van der Waals surface area contributed by atoms with E-state index in [0.717, 1.165) is 36.2 Å². The molecule has 0 saturated carbocycles. The fourth-order valence-corrected chi connectivity index (χ4v) is 1.95. The monoisotopic (exact) mass is 284 g/mol. The lowest BCUT2D eigenvalue weighted by molar-refractivity contribution is 0.0950. The molecule has 2 N–H and O–H groups in total. The number of unbranched alkanes of at least 4 members (excludes halogenated alkanes) is 1. The highest BCUT2D eigenvalue weighted by Gasteiger charge is 2.09. The molecule has 1 aromatic carbocycles. The van der Waals surface area contributed by atoms with Gasteiger partial charge in [0.1, 0.15) is 0 Å². The highest BCUT2D eigenvalue weighted by molar-refractivity contribution is 6.02. The highest BCUT2D eigenvalue weighted by Crippen LogP contribution is 2.08. The van der Waals surface area contributed by atoms with E-state index < -0.39 is 0 Å². The number of amides is 1. The van der Waals surface area contributed by atoms with Crippen molar-refractivity contribution in [1.29, 1.82) is 0 Å². The molecule has 2 rings (SSSR count). The van der Waals surface area contributed by atoms with Crippen molar-refractivity contribution in [2.45, 2.75) is 33.1 Å². The Balaban J connectivity index is 2.11. The minimum Gasteiger partial charge on any atom is -0.282 e. The van der Waals surface area contributed by atoms with Crippen molar-refractivity contribution in [2.75, 3.05) is 0 Å². The molecule has 0 fully saturated rings. The van der Waals surface area contributed by atoms with Gasteiger partial charge in [-0.3, -0.25) is 9.89 Å². The minimum absolute atomic E-state index is 0.302. The van der Waals surface area contributed by atoms with Crippen LogP contribution in [-0.4, -0.2) is 21.8 Å². The third-order valence-corrected chi connectivity index (χ3v) is 3.11. The lowest BCUT2D eigenvalue weighted by Gasteiger charge is -2.06. The van der Waals surface area contributed by atoms with E-state index in [0.29, 0.717) is 5.69 Å². The van der Waals surface area contributed by atoms with Crippen molar-refractivity contribution < 1.29 is 4.79 Å². The topological polar surface area (TPSA) is 70.1 Å². The summed E-state index contributed by atoms with van der Waals surface area (Å²) in [4.78, 5) is 12.0. The summed E-state index contributed by atoms with van der Waals surface area (Å²) in [7, 11) is 0. The molecule has 0 radical (unpaired) electrons. The van der Waals surface area contributed by atoms with Crippen LogP contribution in [0.15, 0.2) is 41.5 Å². The second kappa shape index (κ2) is 7.38. The summed E-state index contributed by atoms with van der Waals surface area (Å²) >= 11 is 0. The van der Waals surface area contributed by atoms with Gasteiger partial charge in [0.2, 0.25) is 0 Å². The number of rotatable bonds is 6. The molecule has 0 atom stereocenters. The van der Waals surface area contributed by atoms with Crippen LogP contribution in [0.25, 0.3) is 0 Å². The minimum atomic E-state index is -0.302. The van der Waals surface area contributed by atoms with Gasteiger partial charge in [-0.05, 0) is 31.4 Å². The van der Waals surface area contributed by atoms with Crippen molar-refractivity contribution in [3.05, 3.63) is 53.3 Å². The number of aromatic nitrogens is 2. The number of benzene rings is 1. The van der Waals surface area contributed by atoms with Crippen LogP contribution in [0.1, 0.15) is 47.9 Å². The smallest absolute Gasteiger partial charge is 0.282 e. The quantitative estimate of drug-likeness (QED) is 0.632. The number of aromatic amines is 1. The number of hydrogen-bond donors (Lipinski definition) is 2.